The lowest BCUT2D eigenvalue weighted by Gasteiger charge is -1.93. The summed E-state index contributed by atoms with van der Waals surface area (Å²) >= 11 is 0. The number of nitrogens with two attached hydrogens (primary N) is 1. The molecule has 1 aromatic carbocycles. The second-order valence-electron chi connectivity index (χ2n) is 2.17. The fourth-order valence-corrected chi connectivity index (χ4v) is 0.807. The molecule has 0 spiro atoms. The van der Waals surface area contributed by atoms with Crippen LogP contribution in [0.25, 0.3) is 6.08 Å². The quantitative estimate of drug-likeness (QED) is 0.471. The SMILES string of the molecule is C#CC=Cc1cccc(N)c1. The van der Waals surface area contributed by atoms with Gasteiger partial charge in [-0.15, -0.1) is 6.42 Å². The minimum absolute atomic E-state index is 0.754. The zero-order valence-corrected chi connectivity index (χ0v) is 6.12. The Balaban J connectivity index is 2.90. The van der Waals surface area contributed by atoms with Gasteiger partial charge >= 0.3 is 0 Å². The van der Waals surface area contributed by atoms with Crippen LogP contribution in [0.15, 0.2) is 30.3 Å². The van der Waals surface area contributed by atoms with E-state index < -0.39 is 0 Å². The molecule has 54 valence electrons. The summed E-state index contributed by atoms with van der Waals surface area (Å²) in [5.41, 5.74) is 7.33. The number of hydrogen-bond donors (Lipinski definition) is 1. The lowest BCUT2D eigenvalue weighted by atomic mass is 10.2. The maximum atomic E-state index is 5.54. The molecular weight excluding hydrogens is 134 g/mol. The highest BCUT2D eigenvalue weighted by atomic mass is 14.5. The summed E-state index contributed by atoms with van der Waals surface area (Å²) in [4.78, 5) is 0. The van der Waals surface area contributed by atoms with Crippen LogP contribution in [0, 0.1) is 12.3 Å². The number of allylic oxidation sites excluding steroid dienone is 1. The van der Waals surface area contributed by atoms with Crippen LogP contribution in [0.4, 0.5) is 5.69 Å². The summed E-state index contributed by atoms with van der Waals surface area (Å²) < 4.78 is 0. The molecule has 1 nitrogen and oxygen atoms in total. The van der Waals surface area contributed by atoms with Gasteiger partial charge in [0.05, 0.1) is 0 Å². The minimum Gasteiger partial charge on any atom is -0.399 e. The molecule has 0 radical (unpaired) electrons. The number of anilines is 1. The molecule has 0 saturated heterocycles. The first-order valence-corrected chi connectivity index (χ1v) is 3.31. The summed E-state index contributed by atoms with van der Waals surface area (Å²) in [5, 5.41) is 0. The Morgan fingerprint density at radius 3 is 2.91 bits per heavy atom. The number of hydrogen-bond acceptors (Lipinski definition) is 1. The first kappa shape index (κ1) is 7.43. The Morgan fingerprint density at radius 1 is 1.45 bits per heavy atom. The van der Waals surface area contributed by atoms with Crippen LogP contribution in [0.3, 0.4) is 0 Å². The molecule has 1 aromatic rings. The smallest absolute Gasteiger partial charge is 0.0319 e. The van der Waals surface area contributed by atoms with Crippen molar-refractivity contribution in [2.45, 2.75) is 0 Å². The first-order chi connectivity index (χ1) is 5.33. The Bertz CT molecular complexity index is 305. The average molecular weight is 143 g/mol. The molecular formula is C10H9N. The molecule has 0 heterocycles. The van der Waals surface area contributed by atoms with Gasteiger partial charge in [0.15, 0.2) is 0 Å². The van der Waals surface area contributed by atoms with Crippen LogP contribution in [-0.2, 0) is 0 Å². The highest BCUT2D eigenvalue weighted by molar-refractivity contribution is 5.57. The van der Waals surface area contributed by atoms with Crippen molar-refractivity contribution in [3.8, 4) is 12.3 Å². The van der Waals surface area contributed by atoms with E-state index in [9.17, 15) is 0 Å². The van der Waals surface area contributed by atoms with Crippen molar-refractivity contribution < 1.29 is 0 Å². The van der Waals surface area contributed by atoms with Gasteiger partial charge in [-0.3, -0.25) is 0 Å². The van der Waals surface area contributed by atoms with E-state index >= 15 is 0 Å². The fraction of sp³-hybridized carbons (Fsp3) is 0. The zero-order chi connectivity index (χ0) is 8.10. The van der Waals surface area contributed by atoms with E-state index in [1.165, 1.54) is 0 Å². The van der Waals surface area contributed by atoms with E-state index in [0.717, 1.165) is 11.3 Å². The third kappa shape index (κ3) is 2.19. The van der Waals surface area contributed by atoms with E-state index in [1.54, 1.807) is 6.08 Å². The van der Waals surface area contributed by atoms with Crippen LogP contribution in [0.1, 0.15) is 5.56 Å². The lowest BCUT2D eigenvalue weighted by Crippen LogP contribution is -1.83. The highest BCUT2D eigenvalue weighted by Crippen LogP contribution is 2.07. The maximum absolute atomic E-state index is 5.54. The van der Waals surface area contributed by atoms with Gasteiger partial charge in [0, 0.05) is 5.69 Å². The van der Waals surface area contributed by atoms with E-state index in [0.29, 0.717) is 0 Å². The topological polar surface area (TPSA) is 26.0 Å². The molecule has 11 heavy (non-hydrogen) atoms. The Kier molecular flexibility index (Phi) is 2.35. The molecule has 1 rings (SSSR count). The second kappa shape index (κ2) is 3.48. The van der Waals surface area contributed by atoms with Gasteiger partial charge < -0.3 is 5.73 Å². The summed E-state index contributed by atoms with van der Waals surface area (Å²) in [6.45, 7) is 0. The molecule has 0 saturated carbocycles. The normalized spacial score (nSPS) is 9.73. The fourth-order valence-electron chi connectivity index (χ4n) is 0.807. The molecule has 0 atom stereocenters. The third-order valence-corrected chi connectivity index (χ3v) is 1.28. The van der Waals surface area contributed by atoms with E-state index in [4.69, 9.17) is 12.2 Å². The summed E-state index contributed by atoms with van der Waals surface area (Å²) in [6.07, 6.45) is 8.54. The molecule has 0 fully saturated rings. The number of benzene rings is 1. The first-order valence-electron chi connectivity index (χ1n) is 3.31. The molecule has 0 aromatic heterocycles. The summed E-state index contributed by atoms with van der Waals surface area (Å²) in [5.74, 6) is 2.41. The van der Waals surface area contributed by atoms with Crippen LogP contribution < -0.4 is 5.73 Å². The van der Waals surface area contributed by atoms with Crippen LogP contribution >= 0.6 is 0 Å². The lowest BCUT2D eigenvalue weighted by molar-refractivity contribution is 1.64. The zero-order valence-electron chi connectivity index (χ0n) is 6.12. The van der Waals surface area contributed by atoms with Gasteiger partial charge in [0.1, 0.15) is 0 Å². The molecule has 0 unspecified atom stereocenters. The average Bonchev–Trinajstić information content (AvgIpc) is 2.01. The standard InChI is InChI=1S/C10H9N/c1-2-3-5-9-6-4-7-10(11)8-9/h1,3-8H,11H2. The van der Waals surface area contributed by atoms with Crippen molar-refractivity contribution in [3.05, 3.63) is 35.9 Å². The number of rotatable bonds is 1. The van der Waals surface area contributed by atoms with Crippen molar-refractivity contribution in [1.82, 2.24) is 0 Å². The third-order valence-electron chi connectivity index (χ3n) is 1.28. The molecule has 2 N–H and O–H groups in total. The van der Waals surface area contributed by atoms with Crippen LogP contribution in [-0.4, -0.2) is 0 Å². The van der Waals surface area contributed by atoms with Gasteiger partial charge in [0.2, 0.25) is 0 Å². The molecule has 0 aliphatic heterocycles. The Labute approximate surface area is 66.5 Å². The molecule has 1 heteroatoms. The van der Waals surface area contributed by atoms with Crippen molar-refractivity contribution >= 4 is 11.8 Å². The molecule has 0 bridgehead atoms. The van der Waals surface area contributed by atoms with Crippen molar-refractivity contribution in [2.24, 2.45) is 0 Å². The van der Waals surface area contributed by atoms with Crippen LogP contribution in [0.2, 0.25) is 0 Å². The predicted octanol–water partition coefficient (Wildman–Crippen LogP) is 1.92. The van der Waals surface area contributed by atoms with E-state index in [1.807, 2.05) is 30.3 Å². The van der Waals surface area contributed by atoms with Crippen LogP contribution in [0.5, 0.6) is 0 Å². The molecule has 0 aliphatic rings. The minimum atomic E-state index is 0.754. The number of nitrogen functional groups attached to an aromatic ring is 1. The summed E-state index contributed by atoms with van der Waals surface area (Å²) in [6, 6.07) is 7.55. The molecule has 0 amide bonds. The van der Waals surface area contributed by atoms with E-state index in [-0.39, 0.29) is 0 Å². The van der Waals surface area contributed by atoms with Gasteiger partial charge in [-0.25, -0.2) is 0 Å². The monoisotopic (exact) mass is 143 g/mol. The molecule has 0 aliphatic carbocycles. The predicted molar refractivity (Wildman–Crippen MR) is 48.7 cm³/mol. The Morgan fingerprint density at radius 2 is 2.27 bits per heavy atom. The summed E-state index contributed by atoms with van der Waals surface area (Å²) in [7, 11) is 0. The second-order valence-corrected chi connectivity index (χ2v) is 2.17. The number of terminal acetylenes is 1. The van der Waals surface area contributed by atoms with Gasteiger partial charge in [-0.2, -0.15) is 0 Å². The highest BCUT2D eigenvalue weighted by Gasteiger charge is 1.85. The van der Waals surface area contributed by atoms with Crippen molar-refractivity contribution in [2.75, 3.05) is 5.73 Å². The van der Waals surface area contributed by atoms with Gasteiger partial charge in [-0.05, 0) is 29.8 Å². The Hall–Kier alpha value is -1.68. The van der Waals surface area contributed by atoms with Gasteiger partial charge in [0.25, 0.3) is 0 Å². The van der Waals surface area contributed by atoms with Gasteiger partial charge in [-0.1, -0.05) is 18.1 Å². The largest absolute Gasteiger partial charge is 0.399 e. The van der Waals surface area contributed by atoms with Crippen molar-refractivity contribution in [1.29, 1.82) is 0 Å². The van der Waals surface area contributed by atoms with E-state index in [2.05, 4.69) is 5.92 Å². The van der Waals surface area contributed by atoms with Crippen molar-refractivity contribution in [3.63, 3.8) is 0 Å². The maximum Gasteiger partial charge on any atom is 0.0319 e.